The summed E-state index contributed by atoms with van der Waals surface area (Å²) in [6.45, 7) is 15.5. The first-order valence-corrected chi connectivity index (χ1v) is 14.0. The molecule has 2 heterocycles. The quantitative estimate of drug-likeness (QED) is 0.348. The van der Waals surface area contributed by atoms with Crippen LogP contribution in [0.4, 0.5) is 10.2 Å². The van der Waals surface area contributed by atoms with E-state index in [1.165, 1.54) is 12.1 Å². The SMILES string of the molecule is CCc1nn(-c2ccc(F)cc2)c(N2CCN(C(C)C)CC2)c1CN(CC(C)C)C(=O)c1cccc(OC)c1. The summed E-state index contributed by atoms with van der Waals surface area (Å²) in [5, 5.41) is 5.03. The molecule has 1 fully saturated rings. The minimum absolute atomic E-state index is 0.0326. The fourth-order valence-corrected chi connectivity index (χ4v) is 5.26. The van der Waals surface area contributed by atoms with Crippen LogP contribution in [0.1, 0.15) is 56.2 Å². The van der Waals surface area contributed by atoms with Gasteiger partial charge in [-0.05, 0) is 68.7 Å². The Bertz CT molecular complexity index is 1250. The maximum absolute atomic E-state index is 13.9. The summed E-state index contributed by atoms with van der Waals surface area (Å²) in [5.74, 6) is 1.63. The number of anilines is 1. The molecule has 1 aliphatic heterocycles. The van der Waals surface area contributed by atoms with Gasteiger partial charge in [-0.15, -0.1) is 0 Å². The van der Waals surface area contributed by atoms with Crippen molar-refractivity contribution in [1.82, 2.24) is 19.6 Å². The zero-order valence-electron chi connectivity index (χ0n) is 24.2. The van der Waals surface area contributed by atoms with Crippen LogP contribution in [0.5, 0.6) is 5.75 Å². The van der Waals surface area contributed by atoms with Crippen LogP contribution in [0.15, 0.2) is 48.5 Å². The Morgan fingerprint density at radius 2 is 1.74 bits per heavy atom. The molecule has 4 rings (SSSR count). The van der Waals surface area contributed by atoms with Crippen molar-refractivity contribution in [2.45, 2.75) is 53.6 Å². The first kappa shape index (κ1) is 28.6. The molecule has 0 spiro atoms. The summed E-state index contributed by atoms with van der Waals surface area (Å²) in [7, 11) is 1.61. The molecule has 1 aromatic heterocycles. The number of aryl methyl sites for hydroxylation is 1. The fraction of sp³-hybridized carbons (Fsp3) is 0.484. The zero-order chi connectivity index (χ0) is 28.1. The van der Waals surface area contributed by atoms with Crippen LogP contribution in [0.25, 0.3) is 5.69 Å². The molecule has 1 amide bonds. The number of rotatable bonds is 10. The molecule has 0 atom stereocenters. The van der Waals surface area contributed by atoms with Crippen LogP contribution >= 0.6 is 0 Å². The first-order chi connectivity index (χ1) is 18.7. The second kappa shape index (κ2) is 12.6. The summed E-state index contributed by atoms with van der Waals surface area (Å²) < 4.78 is 21.2. The molecule has 0 N–H and O–H groups in total. The molecule has 0 radical (unpaired) electrons. The molecule has 1 aliphatic rings. The number of aromatic nitrogens is 2. The minimum Gasteiger partial charge on any atom is -0.497 e. The fourth-order valence-electron chi connectivity index (χ4n) is 5.26. The van der Waals surface area contributed by atoms with E-state index in [0.29, 0.717) is 30.4 Å². The van der Waals surface area contributed by atoms with Crippen molar-refractivity contribution in [3.8, 4) is 11.4 Å². The minimum atomic E-state index is -0.277. The van der Waals surface area contributed by atoms with E-state index in [9.17, 15) is 9.18 Å². The molecule has 210 valence electrons. The monoisotopic (exact) mass is 535 g/mol. The lowest BCUT2D eigenvalue weighted by molar-refractivity contribution is 0.0722. The lowest BCUT2D eigenvalue weighted by atomic mass is 10.1. The number of piperazine rings is 1. The van der Waals surface area contributed by atoms with E-state index in [0.717, 1.165) is 55.4 Å². The van der Waals surface area contributed by atoms with E-state index in [2.05, 4.69) is 44.4 Å². The highest BCUT2D eigenvalue weighted by molar-refractivity contribution is 5.94. The van der Waals surface area contributed by atoms with Crippen LogP contribution < -0.4 is 9.64 Å². The molecule has 7 nitrogen and oxygen atoms in total. The number of benzene rings is 2. The van der Waals surface area contributed by atoms with E-state index in [4.69, 9.17) is 9.84 Å². The number of methoxy groups -OCH3 is 1. The Morgan fingerprint density at radius 1 is 1.05 bits per heavy atom. The van der Waals surface area contributed by atoms with Crippen molar-refractivity contribution in [3.63, 3.8) is 0 Å². The lowest BCUT2D eigenvalue weighted by Crippen LogP contribution is -2.49. The number of amides is 1. The first-order valence-electron chi connectivity index (χ1n) is 14.0. The lowest BCUT2D eigenvalue weighted by Gasteiger charge is -2.38. The van der Waals surface area contributed by atoms with E-state index in [1.807, 2.05) is 27.8 Å². The number of hydrogen-bond acceptors (Lipinski definition) is 5. The summed E-state index contributed by atoms with van der Waals surface area (Å²) in [5.41, 5.74) is 3.42. The number of hydrogen-bond donors (Lipinski definition) is 0. The maximum Gasteiger partial charge on any atom is 0.254 e. The largest absolute Gasteiger partial charge is 0.497 e. The molecule has 0 saturated carbocycles. The van der Waals surface area contributed by atoms with Crippen molar-refractivity contribution in [2.24, 2.45) is 5.92 Å². The molecule has 39 heavy (non-hydrogen) atoms. The number of ether oxygens (including phenoxy) is 1. The van der Waals surface area contributed by atoms with Gasteiger partial charge >= 0.3 is 0 Å². The van der Waals surface area contributed by atoms with Crippen LogP contribution in [0, 0.1) is 11.7 Å². The molecule has 2 aromatic carbocycles. The van der Waals surface area contributed by atoms with Crippen LogP contribution in [0.2, 0.25) is 0 Å². The standard InChI is InChI=1S/C31H42FN5O2/c1-7-29-28(21-36(20-22(2)3)31(38)24-9-8-10-27(19-24)39-6)30(35-17-15-34(16-18-35)23(4)5)37(33-29)26-13-11-25(32)12-14-26/h8-14,19,22-23H,7,15-18,20-21H2,1-6H3. The summed E-state index contributed by atoms with van der Waals surface area (Å²) >= 11 is 0. The predicted molar refractivity (Wildman–Crippen MR) is 154 cm³/mol. The van der Waals surface area contributed by atoms with Crippen molar-refractivity contribution in [1.29, 1.82) is 0 Å². The van der Waals surface area contributed by atoms with Gasteiger partial charge in [-0.2, -0.15) is 5.10 Å². The van der Waals surface area contributed by atoms with Gasteiger partial charge in [-0.1, -0.05) is 26.8 Å². The normalized spacial score (nSPS) is 14.3. The molecular weight excluding hydrogens is 493 g/mol. The zero-order valence-corrected chi connectivity index (χ0v) is 24.2. The number of carbonyl (C=O) groups excluding carboxylic acids is 1. The van der Waals surface area contributed by atoms with E-state index in [-0.39, 0.29) is 17.6 Å². The van der Waals surface area contributed by atoms with Gasteiger partial charge in [0.05, 0.1) is 25.0 Å². The number of carbonyl (C=O) groups is 1. The molecule has 1 saturated heterocycles. The molecule has 8 heteroatoms. The summed E-state index contributed by atoms with van der Waals surface area (Å²) in [4.78, 5) is 20.6. The third-order valence-corrected chi connectivity index (χ3v) is 7.33. The van der Waals surface area contributed by atoms with Gasteiger partial charge in [-0.3, -0.25) is 9.69 Å². The second-order valence-electron chi connectivity index (χ2n) is 10.9. The van der Waals surface area contributed by atoms with Crippen molar-refractivity contribution in [2.75, 3.05) is 44.7 Å². The highest BCUT2D eigenvalue weighted by Gasteiger charge is 2.29. The average Bonchev–Trinajstić information content (AvgIpc) is 3.30. The number of nitrogens with zero attached hydrogens (tertiary/aromatic N) is 5. The van der Waals surface area contributed by atoms with Gasteiger partial charge < -0.3 is 14.5 Å². The molecule has 0 bridgehead atoms. The van der Waals surface area contributed by atoms with Crippen LogP contribution in [-0.4, -0.2) is 71.4 Å². The second-order valence-corrected chi connectivity index (χ2v) is 10.9. The van der Waals surface area contributed by atoms with Crippen molar-refractivity contribution < 1.29 is 13.9 Å². The Kier molecular flexibility index (Phi) is 9.28. The van der Waals surface area contributed by atoms with E-state index >= 15 is 0 Å². The molecule has 3 aromatic rings. The third-order valence-electron chi connectivity index (χ3n) is 7.33. The maximum atomic E-state index is 13.9. The van der Waals surface area contributed by atoms with Gasteiger partial charge in [0.1, 0.15) is 17.4 Å². The van der Waals surface area contributed by atoms with Crippen molar-refractivity contribution in [3.05, 3.63) is 71.2 Å². The highest BCUT2D eigenvalue weighted by atomic mass is 19.1. The van der Waals surface area contributed by atoms with Gasteiger partial charge in [0, 0.05) is 49.9 Å². The Hall–Kier alpha value is -3.39. The number of halogens is 1. The predicted octanol–water partition coefficient (Wildman–Crippen LogP) is 5.41. The van der Waals surface area contributed by atoms with Crippen LogP contribution in [0.3, 0.4) is 0 Å². The Balaban J connectivity index is 1.78. The third kappa shape index (κ3) is 6.61. The Morgan fingerprint density at radius 3 is 2.33 bits per heavy atom. The van der Waals surface area contributed by atoms with Gasteiger partial charge in [-0.25, -0.2) is 9.07 Å². The van der Waals surface area contributed by atoms with Crippen molar-refractivity contribution >= 4 is 11.7 Å². The summed E-state index contributed by atoms with van der Waals surface area (Å²) in [6, 6.07) is 14.3. The average molecular weight is 536 g/mol. The van der Waals surface area contributed by atoms with Crippen LogP contribution in [-0.2, 0) is 13.0 Å². The smallest absolute Gasteiger partial charge is 0.254 e. The van der Waals surface area contributed by atoms with Gasteiger partial charge in [0.2, 0.25) is 0 Å². The molecule has 0 unspecified atom stereocenters. The molecule has 0 aliphatic carbocycles. The van der Waals surface area contributed by atoms with Gasteiger partial charge in [0.15, 0.2) is 0 Å². The topological polar surface area (TPSA) is 53.8 Å². The van der Waals surface area contributed by atoms with E-state index < -0.39 is 0 Å². The highest BCUT2D eigenvalue weighted by Crippen LogP contribution is 2.31. The van der Waals surface area contributed by atoms with E-state index in [1.54, 1.807) is 25.3 Å². The molecular formula is C31H42FN5O2. The Labute approximate surface area is 232 Å². The van der Waals surface area contributed by atoms with Gasteiger partial charge in [0.25, 0.3) is 5.91 Å². The summed E-state index contributed by atoms with van der Waals surface area (Å²) in [6.07, 6.45) is 0.728.